The van der Waals surface area contributed by atoms with E-state index < -0.39 is 0 Å². The minimum absolute atomic E-state index is 0.199. The molecule has 0 spiro atoms. The number of benzene rings is 1. The second-order valence-electron chi connectivity index (χ2n) is 6.58. The van der Waals surface area contributed by atoms with Crippen LogP contribution in [0.25, 0.3) is 11.0 Å². The first-order valence-electron chi connectivity index (χ1n) is 8.13. The SMILES string of the molecule is CCn1c(CC2CC3CCC(C2)N3)nc2cc(F)ccc21. The fourth-order valence-corrected chi connectivity index (χ4v) is 4.26. The molecule has 1 aromatic carbocycles. The summed E-state index contributed by atoms with van der Waals surface area (Å²) < 4.78 is 15.6. The van der Waals surface area contributed by atoms with Crippen LogP contribution in [0.15, 0.2) is 18.2 Å². The van der Waals surface area contributed by atoms with Crippen molar-refractivity contribution in [2.75, 3.05) is 0 Å². The molecular formula is C17H22FN3. The van der Waals surface area contributed by atoms with Crippen LogP contribution in [0, 0.1) is 11.7 Å². The van der Waals surface area contributed by atoms with Crippen LogP contribution in [0.5, 0.6) is 0 Å². The first-order chi connectivity index (χ1) is 10.2. The van der Waals surface area contributed by atoms with Crippen molar-refractivity contribution in [1.29, 1.82) is 0 Å². The molecule has 0 amide bonds. The highest BCUT2D eigenvalue weighted by atomic mass is 19.1. The summed E-state index contributed by atoms with van der Waals surface area (Å²) in [5.74, 6) is 1.65. The Kier molecular flexibility index (Phi) is 3.21. The maximum absolute atomic E-state index is 13.4. The number of nitrogens with zero attached hydrogens (tertiary/aromatic N) is 2. The van der Waals surface area contributed by atoms with Crippen LogP contribution >= 0.6 is 0 Å². The molecule has 0 radical (unpaired) electrons. The number of nitrogens with one attached hydrogen (secondary N) is 1. The minimum Gasteiger partial charge on any atom is -0.328 e. The van der Waals surface area contributed by atoms with Crippen LogP contribution in [0.2, 0.25) is 0 Å². The molecule has 2 aliphatic heterocycles. The van der Waals surface area contributed by atoms with Gasteiger partial charge in [0.2, 0.25) is 0 Å². The monoisotopic (exact) mass is 287 g/mol. The van der Waals surface area contributed by atoms with Gasteiger partial charge < -0.3 is 9.88 Å². The predicted molar refractivity (Wildman–Crippen MR) is 81.7 cm³/mol. The average molecular weight is 287 g/mol. The van der Waals surface area contributed by atoms with Gasteiger partial charge in [-0.05, 0) is 50.7 Å². The highest BCUT2D eigenvalue weighted by Gasteiger charge is 2.34. The van der Waals surface area contributed by atoms with Crippen LogP contribution in [-0.4, -0.2) is 21.6 Å². The number of fused-ring (bicyclic) bond motifs is 3. The Balaban J connectivity index is 1.63. The number of piperidine rings is 1. The molecule has 1 aromatic heterocycles. The number of hydrogen-bond acceptors (Lipinski definition) is 2. The van der Waals surface area contributed by atoms with E-state index in [-0.39, 0.29) is 5.82 Å². The summed E-state index contributed by atoms with van der Waals surface area (Å²) in [6.45, 7) is 3.04. The van der Waals surface area contributed by atoms with Crippen molar-refractivity contribution in [1.82, 2.24) is 14.9 Å². The maximum Gasteiger partial charge on any atom is 0.125 e. The molecule has 0 saturated carbocycles. The molecule has 3 nitrogen and oxygen atoms in total. The predicted octanol–water partition coefficient (Wildman–Crippen LogP) is 3.27. The highest BCUT2D eigenvalue weighted by molar-refractivity contribution is 5.76. The summed E-state index contributed by atoms with van der Waals surface area (Å²) in [6.07, 6.45) is 6.21. The molecule has 2 fully saturated rings. The van der Waals surface area contributed by atoms with Crippen molar-refractivity contribution >= 4 is 11.0 Å². The minimum atomic E-state index is -0.199. The Morgan fingerprint density at radius 3 is 2.76 bits per heavy atom. The van der Waals surface area contributed by atoms with E-state index in [0.29, 0.717) is 12.1 Å². The third-order valence-corrected chi connectivity index (χ3v) is 5.15. The molecule has 2 aromatic rings. The molecule has 21 heavy (non-hydrogen) atoms. The van der Waals surface area contributed by atoms with E-state index in [0.717, 1.165) is 35.7 Å². The van der Waals surface area contributed by atoms with Crippen molar-refractivity contribution in [3.63, 3.8) is 0 Å². The van der Waals surface area contributed by atoms with Crippen molar-refractivity contribution in [2.45, 2.75) is 57.7 Å². The number of imidazole rings is 1. The largest absolute Gasteiger partial charge is 0.328 e. The van der Waals surface area contributed by atoms with Gasteiger partial charge in [0, 0.05) is 31.1 Å². The lowest BCUT2D eigenvalue weighted by Gasteiger charge is -2.29. The van der Waals surface area contributed by atoms with Crippen molar-refractivity contribution in [3.8, 4) is 0 Å². The maximum atomic E-state index is 13.4. The smallest absolute Gasteiger partial charge is 0.125 e. The van der Waals surface area contributed by atoms with Crippen LogP contribution in [0.3, 0.4) is 0 Å². The van der Waals surface area contributed by atoms with E-state index in [1.807, 2.05) is 6.07 Å². The molecule has 3 heterocycles. The lowest BCUT2D eigenvalue weighted by atomic mass is 9.89. The van der Waals surface area contributed by atoms with Crippen LogP contribution in [0.1, 0.15) is 38.4 Å². The number of aromatic nitrogens is 2. The van der Waals surface area contributed by atoms with Gasteiger partial charge >= 0.3 is 0 Å². The van der Waals surface area contributed by atoms with Gasteiger partial charge in [0.05, 0.1) is 11.0 Å². The zero-order chi connectivity index (χ0) is 14.4. The lowest BCUT2D eigenvalue weighted by Crippen LogP contribution is -2.38. The summed E-state index contributed by atoms with van der Waals surface area (Å²) in [5, 5.41) is 3.69. The molecule has 2 saturated heterocycles. The molecule has 0 aliphatic carbocycles. The molecule has 2 atom stereocenters. The van der Waals surface area contributed by atoms with Crippen molar-refractivity contribution < 1.29 is 4.39 Å². The summed E-state index contributed by atoms with van der Waals surface area (Å²) >= 11 is 0. The van der Waals surface area contributed by atoms with E-state index in [1.165, 1.54) is 31.7 Å². The third kappa shape index (κ3) is 2.35. The Morgan fingerprint density at radius 1 is 1.29 bits per heavy atom. The zero-order valence-corrected chi connectivity index (χ0v) is 12.5. The Hall–Kier alpha value is -1.42. The van der Waals surface area contributed by atoms with E-state index in [2.05, 4.69) is 16.8 Å². The molecule has 4 rings (SSSR count). The topological polar surface area (TPSA) is 29.9 Å². The van der Waals surface area contributed by atoms with Gasteiger partial charge in [-0.1, -0.05) is 0 Å². The molecule has 112 valence electrons. The Labute approximate surface area is 124 Å². The molecule has 1 N–H and O–H groups in total. The highest BCUT2D eigenvalue weighted by Crippen LogP contribution is 2.33. The fourth-order valence-electron chi connectivity index (χ4n) is 4.26. The molecular weight excluding hydrogens is 265 g/mol. The fraction of sp³-hybridized carbons (Fsp3) is 0.588. The quantitative estimate of drug-likeness (QED) is 0.939. The van der Waals surface area contributed by atoms with Crippen molar-refractivity contribution in [2.24, 2.45) is 5.92 Å². The van der Waals surface area contributed by atoms with E-state index in [1.54, 1.807) is 6.07 Å². The van der Waals surface area contributed by atoms with Gasteiger partial charge in [-0.3, -0.25) is 0 Å². The summed E-state index contributed by atoms with van der Waals surface area (Å²) in [6, 6.07) is 6.37. The Morgan fingerprint density at radius 2 is 2.05 bits per heavy atom. The standard InChI is InChI=1S/C17H22FN3/c1-2-21-16-6-3-12(18)10-15(16)20-17(21)9-11-7-13-4-5-14(8-11)19-13/h3,6,10-11,13-14,19H,2,4-5,7-9H2,1H3. The normalized spacial score (nSPS) is 28.4. The van der Waals surface area contributed by atoms with Gasteiger partial charge in [0.25, 0.3) is 0 Å². The number of aryl methyl sites for hydroxylation is 1. The van der Waals surface area contributed by atoms with E-state index in [9.17, 15) is 4.39 Å². The van der Waals surface area contributed by atoms with Crippen LogP contribution in [-0.2, 0) is 13.0 Å². The molecule has 4 heteroatoms. The summed E-state index contributed by atoms with van der Waals surface area (Å²) in [4.78, 5) is 4.71. The zero-order valence-electron chi connectivity index (χ0n) is 12.5. The average Bonchev–Trinajstić information content (AvgIpc) is 2.97. The molecule has 2 unspecified atom stereocenters. The number of halogens is 1. The summed E-state index contributed by atoms with van der Waals surface area (Å²) in [7, 11) is 0. The van der Waals surface area contributed by atoms with Crippen LogP contribution in [0.4, 0.5) is 4.39 Å². The van der Waals surface area contributed by atoms with Gasteiger partial charge in [-0.25, -0.2) is 9.37 Å². The molecule has 2 bridgehead atoms. The van der Waals surface area contributed by atoms with Gasteiger partial charge in [0.1, 0.15) is 11.6 Å². The third-order valence-electron chi connectivity index (χ3n) is 5.15. The second-order valence-corrected chi connectivity index (χ2v) is 6.58. The van der Waals surface area contributed by atoms with E-state index in [4.69, 9.17) is 4.98 Å². The summed E-state index contributed by atoms with van der Waals surface area (Å²) in [5.41, 5.74) is 1.86. The second kappa shape index (κ2) is 5.09. The Bertz CT molecular complexity index is 651. The van der Waals surface area contributed by atoms with Crippen molar-refractivity contribution in [3.05, 3.63) is 29.8 Å². The molecule has 2 aliphatic rings. The first-order valence-corrected chi connectivity index (χ1v) is 8.13. The van der Waals surface area contributed by atoms with Gasteiger partial charge in [0.15, 0.2) is 0 Å². The van der Waals surface area contributed by atoms with Gasteiger partial charge in [-0.2, -0.15) is 0 Å². The van der Waals surface area contributed by atoms with Crippen LogP contribution < -0.4 is 5.32 Å². The van der Waals surface area contributed by atoms with Gasteiger partial charge in [-0.15, -0.1) is 0 Å². The first kappa shape index (κ1) is 13.3. The number of hydrogen-bond donors (Lipinski definition) is 1. The number of rotatable bonds is 3. The van der Waals surface area contributed by atoms with E-state index >= 15 is 0 Å². The lowest BCUT2D eigenvalue weighted by molar-refractivity contribution is 0.293.